The van der Waals surface area contributed by atoms with Crippen molar-refractivity contribution in [2.45, 2.75) is 13.8 Å². The second-order valence-corrected chi connectivity index (χ2v) is 4.46. The highest BCUT2D eigenvalue weighted by atomic mass is 35.5. The molecule has 0 atom stereocenters. The average Bonchev–Trinajstić information content (AvgIpc) is 2.29. The number of nitro groups is 1. The van der Waals surface area contributed by atoms with Gasteiger partial charge in [-0.05, 0) is 43.2 Å². The summed E-state index contributed by atoms with van der Waals surface area (Å²) in [6.45, 7) is 4.01. The second-order valence-electron chi connectivity index (χ2n) is 4.10. The summed E-state index contributed by atoms with van der Waals surface area (Å²) >= 11 is 5.99. The van der Waals surface area contributed by atoms with Crippen LogP contribution in [-0.4, -0.2) is 9.91 Å². The van der Waals surface area contributed by atoms with Crippen LogP contribution in [0.2, 0.25) is 5.15 Å². The van der Waals surface area contributed by atoms with Crippen molar-refractivity contribution >= 4 is 28.6 Å². The third-order valence-electron chi connectivity index (χ3n) is 2.79. The van der Waals surface area contributed by atoms with Gasteiger partial charge in [0.2, 0.25) is 6.20 Å². The Hall–Kier alpha value is -1.94. The Kier molecular flexibility index (Phi) is 3.30. The quantitative estimate of drug-likeness (QED) is 0.470. The zero-order chi connectivity index (χ0) is 13.3. The molecule has 1 heterocycles. The SMILES string of the molecule is Cc1cc2cc(/C=C/[N+](=O)[O-])c(Cl)nc2cc1C. The van der Waals surface area contributed by atoms with Crippen LogP contribution in [0.5, 0.6) is 0 Å². The minimum absolute atomic E-state index is 0.267. The van der Waals surface area contributed by atoms with Crippen molar-refractivity contribution in [2.75, 3.05) is 0 Å². The fourth-order valence-electron chi connectivity index (χ4n) is 1.69. The number of fused-ring (bicyclic) bond motifs is 1. The van der Waals surface area contributed by atoms with E-state index in [1.807, 2.05) is 26.0 Å². The lowest BCUT2D eigenvalue weighted by Gasteiger charge is -2.05. The molecule has 0 aliphatic rings. The number of nitrogens with zero attached hydrogens (tertiary/aromatic N) is 2. The zero-order valence-corrected chi connectivity index (χ0v) is 10.7. The van der Waals surface area contributed by atoms with Crippen molar-refractivity contribution < 1.29 is 4.92 Å². The normalized spacial score (nSPS) is 11.3. The first-order valence-electron chi connectivity index (χ1n) is 5.36. The van der Waals surface area contributed by atoms with Crippen molar-refractivity contribution in [2.24, 2.45) is 0 Å². The lowest BCUT2D eigenvalue weighted by Crippen LogP contribution is -1.89. The topological polar surface area (TPSA) is 56.0 Å². The van der Waals surface area contributed by atoms with Gasteiger partial charge in [0.05, 0.1) is 10.4 Å². The summed E-state index contributed by atoms with van der Waals surface area (Å²) < 4.78 is 0. The van der Waals surface area contributed by atoms with Crippen molar-refractivity contribution in [1.29, 1.82) is 0 Å². The van der Waals surface area contributed by atoms with Crippen LogP contribution in [0.15, 0.2) is 24.4 Å². The molecular weight excluding hydrogens is 252 g/mol. The van der Waals surface area contributed by atoms with E-state index in [2.05, 4.69) is 4.98 Å². The van der Waals surface area contributed by atoms with Gasteiger partial charge in [0.1, 0.15) is 5.15 Å². The van der Waals surface area contributed by atoms with Gasteiger partial charge in [-0.15, -0.1) is 0 Å². The maximum absolute atomic E-state index is 10.3. The molecule has 0 aliphatic carbocycles. The second kappa shape index (κ2) is 4.74. The maximum Gasteiger partial charge on any atom is 0.235 e. The fourth-order valence-corrected chi connectivity index (χ4v) is 1.90. The first kappa shape index (κ1) is 12.5. The number of hydrogen-bond acceptors (Lipinski definition) is 3. The summed E-state index contributed by atoms with van der Waals surface area (Å²) in [4.78, 5) is 14.0. The molecule has 5 heteroatoms. The molecule has 0 bridgehead atoms. The molecule has 2 aromatic rings. The number of benzene rings is 1. The van der Waals surface area contributed by atoms with Gasteiger partial charge in [0.25, 0.3) is 0 Å². The highest BCUT2D eigenvalue weighted by Gasteiger charge is 2.05. The third kappa shape index (κ3) is 2.49. The molecule has 0 N–H and O–H groups in total. The summed E-state index contributed by atoms with van der Waals surface area (Å²) in [7, 11) is 0. The molecule has 0 spiro atoms. The van der Waals surface area contributed by atoms with Crippen LogP contribution in [0, 0.1) is 24.0 Å². The van der Waals surface area contributed by atoms with Gasteiger partial charge >= 0.3 is 0 Å². The molecule has 0 radical (unpaired) electrons. The molecule has 4 nitrogen and oxygen atoms in total. The molecule has 0 saturated heterocycles. The highest BCUT2D eigenvalue weighted by Crippen LogP contribution is 2.24. The summed E-state index contributed by atoms with van der Waals surface area (Å²) in [5.41, 5.74) is 3.63. The van der Waals surface area contributed by atoms with E-state index in [1.165, 1.54) is 6.08 Å². The van der Waals surface area contributed by atoms with Crippen molar-refractivity contribution in [1.82, 2.24) is 4.98 Å². The number of hydrogen-bond donors (Lipinski definition) is 0. The summed E-state index contributed by atoms with van der Waals surface area (Å²) in [6, 6.07) is 5.76. The van der Waals surface area contributed by atoms with E-state index in [4.69, 9.17) is 11.6 Å². The van der Waals surface area contributed by atoms with E-state index >= 15 is 0 Å². The minimum Gasteiger partial charge on any atom is -0.259 e. The largest absolute Gasteiger partial charge is 0.259 e. The van der Waals surface area contributed by atoms with Gasteiger partial charge in [-0.25, -0.2) is 4.98 Å². The van der Waals surface area contributed by atoms with Crippen molar-refractivity contribution in [3.8, 4) is 0 Å². The van der Waals surface area contributed by atoms with Gasteiger partial charge in [0, 0.05) is 17.0 Å². The molecule has 1 aromatic heterocycles. The van der Waals surface area contributed by atoms with E-state index in [9.17, 15) is 10.1 Å². The Morgan fingerprint density at radius 3 is 2.61 bits per heavy atom. The maximum atomic E-state index is 10.3. The molecule has 0 saturated carbocycles. The predicted octanol–water partition coefficient (Wildman–Crippen LogP) is 3.75. The standard InChI is InChI=1S/C13H11ClN2O2/c1-8-5-11-7-10(3-4-16(17)18)13(14)15-12(11)6-9(8)2/h3-7H,1-2H3/b4-3+. The van der Waals surface area contributed by atoms with E-state index in [-0.39, 0.29) is 5.15 Å². The molecular formula is C13H11ClN2O2. The number of rotatable bonds is 2. The van der Waals surface area contributed by atoms with E-state index in [0.717, 1.165) is 28.2 Å². The van der Waals surface area contributed by atoms with Crippen LogP contribution >= 0.6 is 11.6 Å². The Morgan fingerprint density at radius 2 is 1.94 bits per heavy atom. The molecule has 0 unspecified atom stereocenters. The van der Waals surface area contributed by atoms with Gasteiger partial charge in [-0.2, -0.15) is 0 Å². The molecule has 0 aliphatic heterocycles. The van der Waals surface area contributed by atoms with Crippen molar-refractivity contribution in [3.05, 3.63) is 56.4 Å². The van der Waals surface area contributed by atoms with Crippen LogP contribution in [0.25, 0.3) is 17.0 Å². The van der Waals surface area contributed by atoms with Crippen molar-refractivity contribution in [3.63, 3.8) is 0 Å². The highest BCUT2D eigenvalue weighted by molar-refractivity contribution is 6.31. The summed E-state index contributed by atoms with van der Waals surface area (Å²) in [6.07, 6.45) is 2.21. The third-order valence-corrected chi connectivity index (χ3v) is 3.09. The van der Waals surface area contributed by atoms with Crippen LogP contribution in [0.1, 0.15) is 16.7 Å². The molecule has 92 valence electrons. The lowest BCUT2D eigenvalue weighted by atomic mass is 10.1. The first-order chi connectivity index (χ1) is 8.47. The Labute approximate surface area is 109 Å². The molecule has 0 fully saturated rings. The van der Waals surface area contributed by atoms with Crippen LogP contribution in [-0.2, 0) is 0 Å². The molecule has 2 rings (SSSR count). The predicted molar refractivity (Wildman–Crippen MR) is 72.3 cm³/mol. The fraction of sp³-hybridized carbons (Fsp3) is 0.154. The van der Waals surface area contributed by atoms with Crippen LogP contribution < -0.4 is 0 Å². The molecule has 18 heavy (non-hydrogen) atoms. The van der Waals surface area contributed by atoms with E-state index in [1.54, 1.807) is 6.07 Å². The number of pyridine rings is 1. The Bertz CT molecular complexity index is 666. The Balaban J connectivity index is 2.61. The van der Waals surface area contributed by atoms with Gasteiger partial charge in [0.15, 0.2) is 0 Å². The Morgan fingerprint density at radius 1 is 1.28 bits per heavy atom. The average molecular weight is 263 g/mol. The van der Waals surface area contributed by atoms with Crippen LogP contribution in [0.3, 0.4) is 0 Å². The lowest BCUT2D eigenvalue weighted by molar-refractivity contribution is -0.400. The summed E-state index contributed by atoms with van der Waals surface area (Å²) in [5, 5.41) is 11.5. The molecule has 0 amide bonds. The summed E-state index contributed by atoms with van der Waals surface area (Å²) in [5.74, 6) is 0. The number of aryl methyl sites for hydroxylation is 2. The zero-order valence-electron chi connectivity index (χ0n) is 9.98. The van der Waals surface area contributed by atoms with Gasteiger partial charge in [-0.1, -0.05) is 11.6 Å². The van der Waals surface area contributed by atoms with Gasteiger partial charge in [-0.3, -0.25) is 10.1 Å². The first-order valence-corrected chi connectivity index (χ1v) is 5.74. The molecule has 1 aromatic carbocycles. The number of halogens is 1. The number of aromatic nitrogens is 1. The van der Waals surface area contributed by atoms with E-state index in [0.29, 0.717) is 5.56 Å². The van der Waals surface area contributed by atoms with E-state index < -0.39 is 4.92 Å². The monoisotopic (exact) mass is 262 g/mol. The van der Waals surface area contributed by atoms with Crippen LogP contribution in [0.4, 0.5) is 0 Å². The minimum atomic E-state index is -0.527. The smallest absolute Gasteiger partial charge is 0.235 e. The van der Waals surface area contributed by atoms with Gasteiger partial charge < -0.3 is 0 Å².